The van der Waals surface area contributed by atoms with E-state index in [2.05, 4.69) is 57.2 Å². The zero-order chi connectivity index (χ0) is 52.9. The van der Waals surface area contributed by atoms with Gasteiger partial charge in [0.05, 0.1) is 0 Å². The number of carbonyl (C=O) groups is 3. The fourth-order valence-electron chi connectivity index (χ4n) is 9.75. The summed E-state index contributed by atoms with van der Waals surface area (Å²) in [6.45, 7) is 6.67. The van der Waals surface area contributed by atoms with Gasteiger partial charge in [0.1, 0.15) is 13.2 Å². The zero-order valence-corrected chi connectivity index (χ0v) is 49.2. The summed E-state index contributed by atoms with van der Waals surface area (Å²) in [5.74, 6) is -0.846. The van der Waals surface area contributed by atoms with Crippen molar-refractivity contribution in [1.82, 2.24) is 0 Å². The van der Waals surface area contributed by atoms with Gasteiger partial charge in [-0.25, -0.2) is 0 Å². The third kappa shape index (κ3) is 60.4. The lowest BCUT2D eigenvalue weighted by Gasteiger charge is -2.18. The number of hydrogen-bond donors (Lipinski definition) is 0. The Morgan fingerprint density at radius 1 is 0.274 bits per heavy atom. The maximum Gasteiger partial charge on any atom is 0.306 e. The maximum absolute atomic E-state index is 12.9. The summed E-state index contributed by atoms with van der Waals surface area (Å²) >= 11 is 0. The molecule has 1 unspecified atom stereocenters. The highest BCUT2D eigenvalue weighted by molar-refractivity contribution is 5.71. The summed E-state index contributed by atoms with van der Waals surface area (Å²) in [6.07, 6.45) is 75.9. The highest BCUT2D eigenvalue weighted by Gasteiger charge is 2.19. The average molecular weight is 1030 g/mol. The van der Waals surface area contributed by atoms with Crippen molar-refractivity contribution in [3.8, 4) is 0 Å². The molecule has 0 amide bonds. The molecular weight excluding hydrogens is 901 g/mol. The highest BCUT2D eigenvalue weighted by atomic mass is 16.6. The van der Waals surface area contributed by atoms with Gasteiger partial charge in [0.25, 0.3) is 0 Å². The standard InChI is InChI=1S/C67H124O6/c1-4-7-10-13-16-19-22-24-26-28-30-31-32-33-34-35-36-37-38-40-41-43-45-48-51-54-57-60-66(69)72-63-64(62-71-65(68)59-56-53-50-47-21-18-15-12-9-6-3)73-67(70)61-58-55-52-49-46-44-42-39-29-27-25-23-20-17-14-11-8-5-2/h22,24,28,30,32-33,64H,4-21,23,25-27,29,31,34-63H2,1-3H3/b24-22-,30-28-,33-32-. The first-order valence-electron chi connectivity index (χ1n) is 32.5. The Morgan fingerprint density at radius 3 is 0.767 bits per heavy atom. The molecule has 73 heavy (non-hydrogen) atoms. The third-order valence-corrected chi connectivity index (χ3v) is 14.6. The van der Waals surface area contributed by atoms with Gasteiger partial charge in [-0.15, -0.1) is 0 Å². The molecule has 428 valence electrons. The summed E-state index contributed by atoms with van der Waals surface area (Å²) in [4.78, 5) is 38.2. The minimum Gasteiger partial charge on any atom is -0.462 e. The number of allylic oxidation sites excluding steroid dienone is 6. The molecule has 0 fully saturated rings. The van der Waals surface area contributed by atoms with Crippen LogP contribution in [-0.4, -0.2) is 37.2 Å². The molecule has 0 spiro atoms. The molecule has 6 nitrogen and oxygen atoms in total. The lowest BCUT2D eigenvalue weighted by Crippen LogP contribution is -2.30. The van der Waals surface area contributed by atoms with Crippen LogP contribution < -0.4 is 0 Å². The second-order valence-corrected chi connectivity index (χ2v) is 22.0. The molecular formula is C67H124O6. The van der Waals surface area contributed by atoms with E-state index in [-0.39, 0.29) is 31.1 Å². The van der Waals surface area contributed by atoms with Gasteiger partial charge in [-0.05, 0) is 57.8 Å². The Hall–Kier alpha value is -2.37. The largest absolute Gasteiger partial charge is 0.462 e. The van der Waals surface area contributed by atoms with E-state index in [9.17, 15) is 14.4 Å². The SMILES string of the molecule is CCCCCCC/C=C\C/C=C\C/C=C\CCCCCCCCCCCCCCC(=O)OCC(COC(=O)CCCCCCCCCCCC)OC(=O)CCCCCCCCCCCCCCCCCCCC. The molecule has 0 aliphatic rings. The molecule has 1 atom stereocenters. The summed E-state index contributed by atoms with van der Waals surface area (Å²) in [7, 11) is 0. The fraction of sp³-hybridized carbons (Fsp3) is 0.866. The molecule has 0 aromatic heterocycles. The predicted molar refractivity (Wildman–Crippen MR) is 316 cm³/mol. The lowest BCUT2D eigenvalue weighted by molar-refractivity contribution is -0.167. The van der Waals surface area contributed by atoms with Crippen LogP contribution in [0.25, 0.3) is 0 Å². The van der Waals surface area contributed by atoms with Crippen molar-refractivity contribution in [2.75, 3.05) is 13.2 Å². The Labute approximate surface area is 455 Å². The maximum atomic E-state index is 12.9. The topological polar surface area (TPSA) is 78.9 Å². The first-order valence-corrected chi connectivity index (χ1v) is 32.5. The molecule has 0 bridgehead atoms. The molecule has 0 saturated carbocycles. The van der Waals surface area contributed by atoms with E-state index < -0.39 is 6.10 Å². The lowest BCUT2D eigenvalue weighted by atomic mass is 10.0. The van der Waals surface area contributed by atoms with Crippen LogP contribution in [0.15, 0.2) is 36.5 Å². The van der Waals surface area contributed by atoms with Crippen molar-refractivity contribution in [3.05, 3.63) is 36.5 Å². The number of rotatable bonds is 60. The van der Waals surface area contributed by atoms with Crippen LogP contribution in [0.1, 0.15) is 355 Å². The van der Waals surface area contributed by atoms with E-state index >= 15 is 0 Å². The molecule has 0 radical (unpaired) electrons. The van der Waals surface area contributed by atoms with Crippen LogP contribution in [0, 0.1) is 0 Å². The van der Waals surface area contributed by atoms with E-state index in [1.807, 2.05) is 0 Å². The van der Waals surface area contributed by atoms with E-state index in [1.165, 1.54) is 244 Å². The molecule has 6 heteroatoms. The average Bonchev–Trinajstić information content (AvgIpc) is 3.39. The van der Waals surface area contributed by atoms with E-state index in [1.54, 1.807) is 0 Å². The highest BCUT2D eigenvalue weighted by Crippen LogP contribution is 2.18. The number of unbranched alkanes of at least 4 members (excludes halogenated alkanes) is 43. The van der Waals surface area contributed by atoms with Gasteiger partial charge in [-0.1, -0.05) is 314 Å². The summed E-state index contributed by atoms with van der Waals surface area (Å²) < 4.78 is 16.9. The van der Waals surface area contributed by atoms with Gasteiger partial charge in [0.2, 0.25) is 0 Å². The quantitative estimate of drug-likeness (QED) is 0.0261. The fourth-order valence-corrected chi connectivity index (χ4v) is 9.75. The van der Waals surface area contributed by atoms with E-state index in [0.29, 0.717) is 19.3 Å². The van der Waals surface area contributed by atoms with Crippen molar-refractivity contribution in [2.24, 2.45) is 0 Å². The zero-order valence-electron chi connectivity index (χ0n) is 49.2. The van der Waals surface area contributed by atoms with E-state index in [0.717, 1.165) is 70.6 Å². The second-order valence-electron chi connectivity index (χ2n) is 22.0. The Kier molecular flexibility index (Phi) is 60.2. The molecule has 0 aromatic rings. The van der Waals surface area contributed by atoms with Gasteiger partial charge in [-0.3, -0.25) is 14.4 Å². The molecule has 0 heterocycles. The Morgan fingerprint density at radius 2 is 0.493 bits per heavy atom. The minimum atomic E-state index is -0.768. The van der Waals surface area contributed by atoms with E-state index in [4.69, 9.17) is 14.2 Å². The third-order valence-electron chi connectivity index (χ3n) is 14.6. The number of hydrogen-bond acceptors (Lipinski definition) is 6. The molecule has 0 aliphatic carbocycles. The summed E-state index contributed by atoms with van der Waals surface area (Å²) in [5, 5.41) is 0. The van der Waals surface area contributed by atoms with Crippen molar-refractivity contribution in [2.45, 2.75) is 361 Å². The Balaban J connectivity index is 4.17. The molecule has 0 aliphatic heterocycles. The molecule has 0 N–H and O–H groups in total. The number of ether oxygens (including phenoxy) is 3. The van der Waals surface area contributed by atoms with Crippen molar-refractivity contribution < 1.29 is 28.6 Å². The van der Waals surface area contributed by atoms with Gasteiger partial charge in [0, 0.05) is 19.3 Å². The minimum absolute atomic E-state index is 0.0668. The first kappa shape index (κ1) is 70.6. The van der Waals surface area contributed by atoms with Crippen LogP contribution >= 0.6 is 0 Å². The van der Waals surface area contributed by atoms with Crippen LogP contribution in [0.3, 0.4) is 0 Å². The van der Waals surface area contributed by atoms with Crippen LogP contribution in [-0.2, 0) is 28.6 Å². The van der Waals surface area contributed by atoms with Crippen LogP contribution in [0.5, 0.6) is 0 Å². The van der Waals surface area contributed by atoms with Gasteiger partial charge in [-0.2, -0.15) is 0 Å². The van der Waals surface area contributed by atoms with Crippen molar-refractivity contribution >= 4 is 17.9 Å². The molecule has 0 saturated heterocycles. The van der Waals surface area contributed by atoms with Crippen LogP contribution in [0.4, 0.5) is 0 Å². The number of esters is 3. The normalized spacial score (nSPS) is 12.2. The number of carbonyl (C=O) groups excluding carboxylic acids is 3. The molecule has 0 rings (SSSR count). The van der Waals surface area contributed by atoms with Crippen molar-refractivity contribution in [1.29, 1.82) is 0 Å². The summed E-state index contributed by atoms with van der Waals surface area (Å²) in [5.41, 5.74) is 0. The van der Waals surface area contributed by atoms with Gasteiger partial charge >= 0.3 is 17.9 Å². The monoisotopic (exact) mass is 1020 g/mol. The van der Waals surface area contributed by atoms with Crippen molar-refractivity contribution in [3.63, 3.8) is 0 Å². The first-order chi connectivity index (χ1) is 36.0. The molecule has 0 aromatic carbocycles. The smallest absolute Gasteiger partial charge is 0.306 e. The van der Waals surface area contributed by atoms with Crippen LogP contribution in [0.2, 0.25) is 0 Å². The summed E-state index contributed by atoms with van der Waals surface area (Å²) in [6, 6.07) is 0. The predicted octanol–water partition coefficient (Wildman–Crippen LogP) is 22.0. The van der Waals surface area contributed by atoms with Gasteiger partial charge in [0.15, 0.2) is 6.10 Å². The van der Waals surface area contributed by atoms with Gasteiger partial charge < -0.3 is 14.2 Å². The second kappa shape index (κ2) is 62.2. The Bertz CT molecular complexity index is 1220.